The molecule has 12 heteroatoms. The lowest BCUT2D eigenvalue weighted by Crippen LogP contribution is -2.31. The van der Waals surface area contributed by atoms with Crippen LogP contribution in [0.25, 0.3) is 11.1 Å². The molecule has 3 aromatic rings. The van der Waals surface area contributed by atoms with Gasteiger partial charge >= 0.3 is 6.03 Å². The summed E-state index contributed by atoms with van der Waals surface area (Å²) in [7, 11) is 4.92. The quantitative estimate of drug-likeness (QED) is 0.348. The molecule has 5 N–H and O–H groups in total. The summed E-state index contributed by atoms with van der Waals surface area (Å²) in [4.78, 5) is 59.9. The van der Waals surface area contributed by atoms with Gasteiger partial charge in [-0.25, -0.2) is 4.79 Å². The van der Waals surface area contributed by atoms with Crippen molar-refractivity contribution >= 4 is 30.5 Å². The number of pyridine rings is 1. The normalized spacial score (nSPS) is 15.8. The van der Waals surface area contributed by atoms with E-state index in [1.165, 1.54) is 7.05 Å². The van der Waals surface area contributed by atoms with Crippen molar-refractivity contribution < 1.29 is 28.7 Å². The summed E-state index contributed by atoms with van der Waals surface area (Å²) in [5.41, 5.74) is 10.6. The Hall–Kier alpha value is -5.10. The number of fused-ring (bicyclic) bond motifs is 1. The van der Waals surface area contributed by atoms with Gasteiger partial charge in [0.15, 0.2) is 0 Å². The number of nitrogens with zero attached hydrogens (tertiary/aromatic N) is 2. The van der Waals surface area contributed by atoms with Gasteiger partial charge in [0.2, 0.25) is 5.91 Å². The molecular weight excluding hydrogens is 516 g/mol. The second-order valence-corrected chi connectivity index (χ2v) is 8.77. The van der Waals surface area contributed by atoms with Crippen molar-refractivity contribution in [2.75, 3.05) is 21.2 Å². The third-order valence-corrected chi connectivity index (χ3v) is 6.29. The van der Waals surface area contributed by atoms with E-state index in [4.69, 9.17) is 15.3 Å². The monoisotopic (exact) mass is 546 g/mol. The van der Waals surface area contributed by atoms with Gasteiger partial charge in [0.25, 0.3) is 11.8 Å². The molecule has 2 aliphatic heterocycles. The Balaban J connectivity index is 0.000000246. The maximum Gasteiger partial charge on any atom is 0.322 e. The number of imide groups is 1. The number of carbonyl (C=O) groups is 5. The van der Waals surface area contributed by atoms with Crippen molar-refractivity contribution in [1.82, 2.24) is 25.8 Å². The van der Waals surface area contributed by atoms with Gasteiger partial charge in [-0.2, -0.15) is 0 Å². The molecule has 208 valence electrons. The van der Waals surface area contributed by atoms with Gasteiger partial charge < -0.3 is 30.8 Å². The lowest BCUT2D eigenvalue weighted by Gasteiger charge is -2.11. The van der Waals surface area contributed by atoms with Crippen LogP contribution in [0.4, 0.5) is 4.79 Å². The first-order valence-corrected chi connectivity index (χ1v) is 12.1. The van der Waals surface area contributed by atoms with Crippen molar-refractivity contribution in [2.24, 2.45) is 5.73 Å². The lowest BCUT2D eigenvalue weighted by molar-refractivity contribution is -0.122. The fourth-order valence-electron chi connectivity index (χ4n) is 4.12. The highest BCUT2D eigenvalue weighted by Crippen LogP contribution is 2.26. The summed E-state index contributed by atoms with van der Waals surface area (Å²) in [5.74, 6) is 0.143. The Bertz CT molecular complexity index is 1390. The van der Waals surface area contributed by atoms with Crippen molar-refractivity contribution in [3.63, 3.8) is 0 Å². The molecule has 0 aliphatic carbocycles. The van der Waals surface area contributed by atoms with E-state index in [1.54, 1.807) is 49.5 Å². The van der Waals surface area contributed by atoms with Gasteiger partial charge in [-0.3, -0.25) is 24.7 Å². The highest BCUT2D eigenvalue weighted by Gasteiger charge is 2.30. The zero-order valence-corrected chi connectivity index (χ0v) is 22.3. The van der Waals surface area contributed by atoms with Crippen LogP contribution in [0.5, 0.6) is 5.75 Å². The summed E-state index contributed by atoms with van der Waals surface area (Å²) in [6.07, 6.45) is 1.64. The van der Waals surface area contributed by atoms with Crippen molar-refractivity contribution in [3.05, 3.63) is 83.2 Å². The van der Waals surface area contributed by atoms with Crippen molar-refractivity contribution in [2.45, 2.75) is 18.6 Å². The number of carbonyl (C=O) groups excluding carboxylic acids is 5. The smallest absolute Gasteiger partial charge is 0.322 e. The van der Waals surface area contributed by atoms with Crippen LogP contribution in [0.2, 0.25) is 0 Å². The third-order valence-electron chi connectivity index (χ3n) is 6.29. The van der Waals surface area contributed by atoms with Crippen molar-refractivity contribution in [1.29, 1.82) is 0 Å². The third kappa shape index (κ3) is 6.48. The number of urea groups is 1. The van der Waals surface area contributed by atoms with Gasteiger partial charge in [0, 0.05) is 38.0 Å². The van der Waals surface area contributed by atoms with Crippen LogP contribution >= 0.6 is 0 Å². The maximum atomic E-state index is 11.7. The highest BCUT2D eigenvalue weighted by atomic mass is 16.5. The molecule has 12 nitrogen and oxygen atoms in total. The first-order chi connectivity index (χ1) is 19.2. The molecule has 2 aliphatic rings. The molecule has 3 heterocycles. The Morgan fingerprint density at radius 3 is 2.33 bits per heavy atom. The van der Waals surface area contributed by atoms with E-state index in [9.17, 15) is 19.2 Å². The Labute approximate surface area is 230 Å². The number of benzene rings is 2. The number of aromatic nitrogens is 1. The molecule has 1 aromatic heterocycles. The average molecular weight is 547 g/mol. The summed E-state index contributed by atoms with van der Waals surface area (Å²) in [6, 6.07) is 14.4. The first kappa shape index (κ1) is 29.5. The molecule has 1 saturated heterocycles. The lowest BCUT2D eigenvalue weighted by atomic mass is 10.0. The Morgan fingerprint density at radius 1 is 1.10 bits per heavy atom. The molecule has 0 saturated carbocycles. The second-order valence-electron chi connectivity index (χ2n) is 8.77. The molecule has 2 aromatic carbocycles. The zero-order chi connectivity index (χ0) is 29.4. The summed E-state index contributed by atoms with van der Waals surface area (Å²) in [5, 5.41) is 7.23. The standard InChI is InChI=1S/C17H17N5O3.C10H11NO2.CH2O/c1-19-15(23)13(18)12-7-6-11(8-20-12)9-2-4-10(5-3-9)14-16(24)22-17(25)21-14;1-11-6-7-3-4-8(13-2)5-9(7)10(11)12;1-2/h2-8,13-14H,18H2,1H3,(H,19,23)(H2,21,22,24,25);3-5H,6H2,1-2H3;1H2. The van der Waals surface area contributed by atoms with E-state index in [1.807, 2.05) is 37.1 Å². The van der Waals surface area contributed by atoms with Gasteiger partial charge in [-0.1, -0.05) is 36.4 Å². The predicted octanol–water partition coefficient (Wildman–Crippen LogP) is 1.47. The summed E-state index contributed by atoms with van der Waals surface area (Å²) >= 11 is 0. The fraction of sp³-hybridized carbons (Fsp3) is 0.214. The largest absolute Gasteiger partial charge is 0.497 e. The Morgan fingerprint density at radius 2 is 1.77 bits per heavy atom. The molecule has 0 spiro atoms. The van der Waals surface area contributed by atoms with Gasteiger partial charge in [-0.15, -0.1) is 0 Å². The predicted molar refractivity (Wildman–Crippen MR) is 146 cm³/mol. The van der Waals surface area contributed by atoms with Crippen LogP contribution in [-0.4, -0.2) is 61.6 Å². The number of ether oxygens (including phenoxy) is 1. The minimum absolute atomic E-state index is 0.0777. The average Bonchev–Trinajstić information content (AvgIpc) is 3.49. The van der Waals surface area contributed by atoms with E-state index in [-0.39, 0.29) is 17.7 Å². The van der Waals surface area contributed by atoms with Crippen LogP contribution in [0.3, 0.4) is 0 Å². The zero-order valence-electron chi connectivity index (χ0n) is 22.3. The molecular formula is C28H30N6O6. The number of hydrogen-bond donors (Lipinski definition) is 4. The Kier molecular flexibility index (Phi) is 9.66. The minimum atomic E-state index is -0.814. The molecule has 40 heavy (non-hydrogen) atoms. The SMILES string of the molecule is C=O.CNC(=O)C(N)c1ccc(-c2ccc(C3NC(=O)NC3=O)cc2)cn1.COc1ccc2c(c1)C(=O)N(C)C2. The maximum absolute atomic E-state index is 11.7. The number of nitrogens with two attached hydrogens (primary N) is 1. The minimum Gasteiger partial charge on any atom is -0.497 e. The van der Waals surface area contributed by atoms with Crippen LogP contribution in [0, 0.1) is 0 Å². The van der Waals surface area contributed by atoms with Crippen LogP contribution < -0.4 is 26.4 Å². The van der Waals surface area contributed by atoms with E-state index in [0.717, 1.165) is 28.0 Å². The van der Waals surface area contributed by atoms with Crippen LogP contribution in [0.15, 0.2) is 60.8 Å². The summed E-state index contributed by atoms with van der Waals surface area (Å²) < 4.78 is 5.05. The number of rotatable bonds is 5. The number of likely N-dealkylation sites (N-methyl/N-ethyl adjacent to an activating group) is 1. The second kappa shape index (κ2) is 13.1. The van der Waals surface area contributed by atoms with Crippen LogP contribution in [0.1, 0.15) is 39.3 Å². The summed E-state index contributed by atoms with van der Waals surface area (Å²) in [6.45, 7) is 2.71. The highest BCUT2D eigenvalue weighted by molar-refractivity contribution is 6.04. The molecule has 2 unspecified atom stereocenters. The van der Waals surface area contributed by atoms with Gasteiger partial charge in [0.1, 0.15) is 24.6 Å². The molecule has 0 radical (unpaired) electrons. The first-order valence-electron chi connectivity index (χ1n) is 12.1. The molecule has 5 rings (SSSR count). The van der Waals surface area contributed by atoms with Crippen LogP contribution in [-0.2, 0) is 20.9 Å². The van der Waals surface area contributed by atoms with E-state index in [0.29, 0.717) is 17.8 Å². The molecule has 0 bridgehead atoms. The number of amides is 5. The van der Waals surface area contributed by atoms with Gasteiger partial charge in [-0.05, 0) is 34.9 Å². The number of nitrogens with one attached hydrogen (secondary N) is 3. The molecule has 1 fully saturated rings. The topological polar surface area (TPSA) is 173 Å². The van der Waals surface area contributed by atoms with E-state index >= 15 is 0 Å². The van der Waals surface area contributed by atoms with Gasteiger partial charge in [0.05, 0.1) is 12.8 Å². The number of methoxy groups -OCH3 is 1. The fourth-order valence-corrected chi connectivity index (χ4v) is 4.12. The van der Waals surface area contributed by atoms with E-state index in [2.05, 4.69) is 20.9 Å². The molecule has 5 amide bonds. The molecule has 2 atom stereocenters. The number of hydrogen-bond acceptors (Lipinski definition) is 8. The van der Waals surface area contributed by atoms with Crippen molar-refractivity contribution in [3.8, 4) is 16.9 Å². The van der Waals surface area contributed by atoms with E-state index < -0.39 is 18.1 Å².